The number of hydrogen-bond acceptors (Lipinski definition) is 2. The summed E-state index contributed by atoms with van der Waals surface area (Å²) in [7, 11) is 1.58. The Balaban J connectivity index is 2.21. The number of para-hydroxylation sites is 2. The van der Waals surface area contributed by atoms with Crippen LogP contribution in [0.2, 0.25) is 0 Å². The third-order valence-electron chi connectivity index (χ3n) is 2.64. The minimum absolute atomic E-state index is 0.136. The molecule has 0 radical (unpaired) electrons. The highest BCUT2D eigenvalue weighted by atomic mass is 16.5. The van der Waals surface area contributed by atoms with Crippen LogP contribution in [0, 0.1) is 6.92 Å². The number of methoxy groups -OCH3 is 1. The maximum absolute atomic E-state index is 12.1. The van der Waals surface area contributed by atoms with Crippen molar-refractivity contribution in [3.8, 4) is 5.75 Å². The van der Waals surface area contributed by atoms with Gasteiger partial charge in [-0.15, -0.1) is 0 Å². The Kier molecular flexibility index (Phi) is 3.63. The van der Waals surface area contributed by atoms with Gasteiger partial charge < -0.3 is 10.1 Å². The molecule has 1 amide bonds. The predicted molar refractivity (Wildman–Crippen MR) is 72.1 cm³/mol. The van der Waals surface area contributed by atoms with Crippen LogP contribution in [0.5, 0.6) is 5.75 Å². The molecule has 0 heterocycles. The second-order valence-corrected chi connectivity index (χ2v) is 4.02. The molecule has 92 valence electrons. The summed E-state index contributed by atoms with van der Waals surface area (Å²) in [5.41, 5.74) is 2.37. The largest absolute Gasteiger partial charge is 0.495 e. The van der Waals surface area contributed by atoms with Crippen molar-refractivity contribution in [2.75, 3.05) is 12.4 Å². The minimum Gasteiger partial charge on any atom is -0.495 e. The van der Waals surface area contributed by atoms with Gasteiger partial charge in [-0.05, 0) is 31.2 Å². The SMILES string of the molecule is COc1ccccc1NC(=O)c1cccc(C)c1. The van der Waals surface area contributed by atoms with Gasteiger partial charge in [-0.25, -0.2) is 0 Å². The fourth-order valence-corrected chi connectivity index (χ4v) is 1.73. The van der Waals surface area contributed by atoms with E-state index in [2.05, 4.69) is 5.32 Å². The molecule has 1 N–H and O–H groups in total. The molecule has 0 saturated carbocycles. The first kappa shape index (κ1) is 12.2. The molecular formula is C15H15NO2. The first-order valence-corrected chi connectivity index (χ1v) is 5.72. The van der Waals surface area contributed by atoms with Crippen molar-refractivity contribution in [3.05, 3.63) is 59.7 Å². The van der Waals surface area contributed by atoms with Crippen molar-refractivity contribution in [1.82, 2.24) is 0 Å². The fraction of sp³-hybridized carbons (Fsp3) is 0.133. The Bertz CT molecular complexity index is 564. The summed E-state index contributed by atoms with van der Waals surface area (Å²) in [6.45, 7) is 1.96. The number of rotatable bonds is 3. The van der Waals surface area contributed by atoms with E-state index in [1.54, 1.807) is 13.2 Å². The van der Waals surface area contributed by atoms with Crippen molar-refractivity contribution in [1.29, 1.82) is 0 Å². The van der Waals surface area contributed by atoms with Gasteiger partial charge in [0.2, 0.25) is 0 Å². The van der Waals surface area contributed by atoms with Gasteiger partial charge in [-0.2, -0.15) is 0 Å². The summed E-state index contributed by atoms with van der Waals surface area (Å²) < 4.78 is 5.19. The van der Waals surface area contributed by atoms with Gasteiger partial charge in [-0.3, -0.25) is 4.79 Å². The number of aryl methyl sites for hydroxylation is 1. The van der Waals surface area contributed by atoms with Crippen LogP contribution < -0.4 is 10.1 Å². The summed E-state index contributed by atoms with van der Waals surface area (Å²) >= 11 is 0. The second kappa shape index (κ2) is 5.36. The number of anilines is 1. The summed E-state index contributed by atoms with van der Waals surface area (Å²) in [5.74, 6) is 0.515. The summed E-state index contributed by atoms with van der Waals surface area (Å²) in [6, 6.07) is 14.8. The average Bonchev–Trinajstić information content (AvgIpc) is 2.39. The van der Waals surface area contributed by atoms with Gasteiger partial charge in [0.15, 0.2) is 0 Å². The number of carbonyl (C=O) groups is 1. The van der Waals surface area contributed by atoms with Crippen molar-refractivity contribution in [3.63, 3.8) is 0 Å². The van der Waals surface area contributed by atoms with Crippen LogP contribution in [0.25, 0.3) is 0 Å². The van der Waals surface area contributed by atoms with Gasteiger partial charge in [0, 0.05) is 5.56 Å². The highest BCUT2D eigenvalue weighted by molar-refractivity contribution is 6.05. The number of hydrogen-bond donors (Lipinski definition) is 1. The molecule has 0 spiro atoms. The van der Waals surface area contributed by atoms with E-state index in [1.165, 1.54) is 0 Å². The molecule has 0 atom stereocenters. The summed E-state index contributed by atoms with van der Waals surface area (Å²) in [5, 5.41) is 2.84. The molecule has 0 aromatic heterocycles. The van der Waals surface area contributed by atoms with Gasteiger partial charge >= 0.3 is 0 Å². The highest BCUT2D eigenvalue weighted by Crippen LogP contribution is 2.23. The van der Waals surface area contributed by atoms with E-state index >= 15 is 0 Å². The number of amides is 1. The lowest BCUT2D eigenvalue weighted by Gasteiger charge is -2.09. The smallest absolute Gasteiger partial charge is 0.255 e. The Morgan fingerprint density at radius 1 is 1.11 bits per heavy atom. The van der Waals surface area contributed by atoms with Crippen LogP contribution in [0.15, 0.2) is 48.5 Å². The zero-order chi connectivity index (χ0) is 13.0. The molecule has 0 unspecified atom stereocenters. The van der Waals surface area contributed by atoms with E-state index in [0.717, 1.165) is 5.56 Å². The number of benzene rings is 2. The third kappa shape index (κ3) is 2.69. The normalized spacial score (nSPS) is 9.89. The third-order valence-corrected chi connectivity index (χ3v) is 2.64. The van der Waals surface area contributed by atoms with Crippen LogP contribution in [-0.4, -0.2) is 13.0 Å². The average molecular weight is 241 g/mol. The molecule has 3 nitrogen and oxygen atoms in total. The maximum Gasteiger partial charge on any atom is 0.255 e. The Morgan fingerprint density at radius 3 is 2.61 bits per heavy atom. The fourth-order valence-electron chi connectivity index (χ4n) is 1.73. The number of ether oxygens (including phenoxy) is 1. The van der Waals surface area contributed by atoms with Crippen LogP contribution in [-0.2, 0) is 0 Å². The number of carbonyl (C=O) groups excluding carboxylic acids is 1. The standard InChI is InChI=1S/C15H15NO2/c1-11-6-5-7-12(10-11)15(17)16-13-8-3-4-9-14(13)18-2/h3-10H,1-2H3,(H,16,17). The molecule has 2 aromatic carbocycles. The second-order valence-electron chi connectivity index (χ2n) is 4.02. The quantitative estimate of drug-likeness (QED) is 0.895. The van der Waals surface area contributed by atoms with Crippen molar-refractivity contribution < 1.29 is 9.53 Å². The van der Waals surface area contributed by atoms with Gasteiger partial charge in [0.1, 0.15) is 5.75 Å². The highest BCUT2D eigenvalue weighted by Gasteiger charge is 2.08. The lowest BCUT2D eigenvalue weighted by atomic mass is 10.1. The van der Waals surface area contributed by atoms with Gasteiger partial charge in [0.05, 0.1) is 12.8 Å². The molecule has 0 aliphatic rings. The van der Waals surface area contributed by atoms with Crippen molar-refractivity contribution >= 4 is 11.6 Å². The lowest BCUT2D eigenvalue weighted by molar-refractivity contribution is 0.102. The molecule has 0 aliphatic heterocycles. The molecular weight excluding hydrogens is 226 g/mol. The summed E-state index contributed by atoms with van der Waals surface area (Å²) in [4.78, 5) is 12.1. The van der Waals surface area contributed by atoms with Crippen LogP contribution in [0.3, 0.4) is 0 Å². The zero-order valence-corrected chi connectivity index (χ0v) is 10.4. The van der Waals surface area contributed by atoms with E-state index < -0.39 is 0 Å². The molecule has 0 aliphatic carbocycles. The van der Waals surface area contributed by atoms with Crippen molar-refractivity contribution in [2.45, 2.75) is 6.92 Å². The monoisotopic (exact) mass is 241 g/mol. The van der Waals surface area contributed by atoms with Crippen LogP contribution in [0.4, 0.5) is 5.69 Å². The molecule has 2 aromatic rings. The zero-order valence-electron chi connectivity index (χ0n) is 10.4. The Morgan fingerprint density at radius 2 is 1.89 bits per heavy atom. The Labute approximate surface area is 106 Å². The van der Waals surface area contributed by atoms with E-state index in [4.69, 9.17) is 4.74 Å². The molecule has 0 fully saturated rings. The van der Waals surface area contributed by atoms with Crippen LogP contribution >= 0.6 is 0 Å². The van der Waals surface area contributed by atoms with Crippen molar-refractivity contribution in [2.24, 2.45) is 0 Å². The minimum atomic E-state index is -0.136. The maximum atomic E-state index is 12.1. The molecule has 0 bridgehead atoms. The molecule has 2 rings (SSSR count). The summed E-state index contributed by atoms with van der Waals surface area (Å²) in [6.07, 6.45) is 0. The van der Waals surface area contributed by atoms with Gasteiger partial charge in [0.25, 0.3) is 5.91 Å². The van der Waals surface area contributed by atoms with E-state index in [-0.39, 0.29) is 5.91 Å². The van der Waals surface area contributed by atoms with E-state index in [9.17, 15) is 4.79 Å². The first-order valence-electron chi connectivity index (χ1n) is 5.72. The molecule has 3 heteroatoms. The number of nitrogens with one attached hydrogen (secondary N) is 1. The van der Waals surface area contributed by atoms with E-state index in [0.29, 0.717) is 17.0 Å². The topological polar surface area (TPSA) is 38.3 Å². The van der Waals surface area contributed by atoms with E-state index in [1.807, 2.05) is 49.4 Å². The molecule has 18 heavy (non-hydrogen) atoms. The lowest BCUT2D eigenvalue weighted by Crippen LogP contribution is -2.12. The van der Waals surface area contributed by atoms with Crippen LogP contribution in [0.1, 0.15) is 15.9 Å². The van der Waals surface area contributed by atoms with Gasteiger partial charge in [-0.1, -0.05) is 29.8 Å². The Hall–Kier alpha value is -2.29. The first-order chi connectivity index (χ1) is 8.70. The molecule has 0 saturated heterocycles. The predicted octanol–water partition coefficient (Wildman–Crippen LogP) is 3.26.